The van der Waals surface area contributed by atoms with Crippen molar-refractivity contribution in [3.63, 3.8) is 0 Å². The summed E-state index contributed by atoms with van der Waals surface area (Å²) in [6, 6.07) is 5.69. The first-order valence-electron chi connectivity index (χ1n) is 7.22. The monoisotopic (exact) mass is 317 g/mol. The fourth-order valence-electron chi connectivity index (χ4n) is 2.75. The van der Waals surface area contributed by atoms with Gasteiger partial charge < -0.3 is 10.6 Å². The smallest absolute Gasteiger partial charge is 0.276 e. The Bertz CT molecular complexity index is 743. The normalized spacial score (nSPS) is 20.7. The molecule has 0 aliphatic carbocycles. The molecule has 0 bridgehead atoms. The second-order valence-corrected chi connectivity index (χ2v) is 5.72. The van der Waals surface area contributed by atoms with Crippen LogP contribution in [0.1, 0.15) is 17.4 Å². The summed E-state index contributed by atoms with van der Waals surface area (Å²) >= 11 is 0. The number of nitrogens with zero attached hydrogens (tertiary/aromatic N) is 4. The summed E-state index contributed by atoms with van der Waals surface area (Å²) < 4.78 is 14.3. The van der Waals surface area contributed by atoms with Crippen LogP contribution >= 0.6 is 0 Å². The Morgan fingerprint density at radius 3 is 2.57 bits per heavy atom. The second-order valence-electron chi connectivity index (χ2n) is 5.72. The maximum Gasteiger partial charge on any atom is 0.276 e. The molecule has 2 aromatic rings. The zero-order valence-corrected chi connectivity index (χ0v) is 12.5. The van der Waals surface area contributed by atoms with E-state index >= 15 is 0 Å². The van der Waals surface area contributed by atoms with E-state index in [0.29, 0.717) is 18.8 Å². The second kappa shape index (κ2) is 5.79. The largest absolute Gasteiger partial charge is 0.369 e. The Hall–Kier alpha value is -2.77. The van der Waals surface area contributed by atoms with Crippen molar-refractivity contribution in [1.82, 2.24) is 19.9 Å². The zero-order valence-electron chi connectivity index (χ0n) is 12.5. The molecule has 7 nitrogen and oxygen atoms in total. The summed E-state index contributed by atoms with van der Waals surface area (Å²) in [6.45, 7) is 2.63. The first-order valence-corrected chi connectivity index (χ1v) is 7.22. The molecule has 0 radical (unpaired) electrons. The van der Waals surface area contributed by atoms with E-state index in [4.69, 9.17) is 5.73 Å². The highest BCUT2D eigenvalue weighted by Crippen LogP contribution is 2.24. The molecule has 0 unspecified atom stereocenters. The van der Waals surface area contributed by atoms with Gasteiger partial charge in [0, 0.05) is 13.1 Å². The molecule has 2 atom stereocenters. The molecule has 1 aromatic carbocycles. The number of hydrogen-bond donors (Lipinski definition) is 1. The molecule has 0 spiro atoms. The molecule has 1 aromatic heterocycles. The first-order chi connectivity index (χ1) is 11.0. The molecule has 1 aliphatic heterocycles. The Labute approximate surface area is 131 Å². The third kappa shape index (κ3) is 2.92. The van der Waals surface area contributed by atoms with Gasteiger partial charge in [-0.2, -0.15) is 0 Å². The van der Waals surface area contributed by atoms with Gasteiger partial charge in [0.1, 0.15) is 5.82 Å². The van der Waals surface area contributed by atoms with Crippen molar-refractivity contribution in [2.45, 2.75) is 6.92 Å². The molecule has 3 rings (SSSR count). The Balaban J connectivity index is 1.77. The predicted octanol–water partition coefficient (Wildman–Crippen LogP) is 0.600. The molecule has 2 amide bonds. The molecular weight excluding hydrogens is 301 g/mol. The van der Waals surface area contributed by atoms with Gasteiger partial charge in [0.25, 0.3) is 5.91 Å². The Morgan fingerprint density at radius 2 is 1.96 bits per heavy atom. The molecule has 1 saturated heterocycles. The van der Waals surface area contributed by atoms with Gasteiger partial charge in [0.05, 0.1) is 17.8 Å². The van der Waals surface area contributed by atoms with Crippen LogP contribution in [-0.4, -0.2) is 44.8 Å². The summed E-state index contributed by atoms with van der Waals surface area (Å²) in [5.74, 6) is -1.37. The van der Waals surface area contributed by atoms with Crippen molar-refractivity contribution < 1.29 is 14.0 Å². The minimum absolute atomic E-state index is 0.0172. The molecule has 23 heavy (non-hydrogen) atoms. The number of nitrogens with two attached hydrogens (primary N) is 1. The lowest BCUT2D eigenvalue weighted by Crippen LogP contribution is -2.32. The number of aromatic nitrogens is 3. The summed E-state index contributed by atoms with van der Waals surface area (Å²) in [5, 5.41) is 7.75. The molecule has 1 aliphatic rings. The van der Waals surface area contributed by atoms with Gasteiger partial charge in [0.15, 0.2) is 5.69 Å². The van der Waals surface area contributed by atoms with Crippen molar-refractivity contribution in [1.29, 1.82) is 0 Å². The molecule has 0 saturated carbocycles. The van der Waals surface area contributed by atoms with Crippen LogP contribution in [0.5, 0.6) is 0 Å². The third-order valence-electron chi connectivity index (χ3n) is 4.07. The number of rotatable bonds is 3. The lowest BCUT2D eigenvalue weighted by atomic mass is 9.98. The van der Waals surface area contributed by atoms with Gasteiger partial charge >= 0.3 is 0 Å². The van der Waals surface area contributed by atoms with E-state index in [1.807, 2.05) is 6.92 Å². The fourth-order valence-corrected chi connectivity index (χ4v) is 2.75. The van der Waals surface area contributed by atoms with Crippen molar-refractivity contribution in [2.24, 2.45) is 17.6 Å². The number of benzene rings is 1. The van der Waals surface area contributed by atoms with Crippen LogP contribution in [0.15, 0.2) is 30.5 Å². The van der Waals surface area contributed by atoms with Crippen LogP contribution in [0.2, 0.25) is 0 Å². The van der Waals surface area contributed by atoms with Crippen molar-refractivity contribution >= 4 is 11.8 Å². The number of carbonyl (C=O) groups is 2. The number of carbonyl (C=O) groups excluding carboxylic acids is 2. The number of hydrogen-bond acceptors (Lipinski definition) is 4. The Morgan fingerprint density at radius 1 is 1.26 bits per heavy atom. The maximum absolute atomic E-state index is 12.9. The minimum atomic E-state index is -0.400. The summed E-state index contributed by atoms with van der Waals surface area (Å²) in [7, 11) is 0. The average Bonchev–Trinajstić information content (AvgIpc) is 3.14. The van der Waals surface area contributed by atoms with Gasteiger partial charge in [-0.15, -0.1) is 5.10 Å². The highest BCUT2D eigenvalue weighted by atomic mass is 19.1. The molecule has 1 fully saturated rings. The van der Waals surface area contributed by atoms with Crippen LogP contribution in [0.4, 0.5) is 4.39 Å². The van der Waals surface area contributed by atoms with Crippen molar-refractivity contribution in [3.8, 4) is 5.69 Å². The van der Waals surface area contributed by atoms with Crippen LogP contribution in [0.25, 0.3) is 5.69 Å². The molecular formula is C15H16FN5O2. The molecule has 8 heteroatoms. The van der Waals surface area contributed by atoms with Gasteiger partial charge in [0.2, 0.25) is 5.91 Å². The van der Waals surface area contributed by atoms with Crippen LogP contribution < -0.4 is 5.73 Å². The van der Waals surface area contributed by atoms with E-state index < -0.39 is 5.91 Å². The molecule has 120 valence electrons. The van der Waals surface area contributed by atoms with E-state index in [1.165, 1.54) is 23.0 Å². The lowest BCUT2D eigenvalue weighted by molar-refractivity contribution is -0.122. The van der Waals surface area contributed by atoms with E-state index in [1.54, 1.807) is 17.0 Å². The van der Waals surface area contributed by atoms with Gasteiger partial charge in [-0.05, 0) is 30.2 Å². The van der Waals surface area contributed by atoms with Crippen molar-refractivity contribution in [3.05, 3.63) is 42.0 Å². The van der Waals surface area contributed by atoms with Crippen LogP contribution in [-0.2, 0) is 4.79 Å². The van der Waals surface area contributed by atoms with Gasteiger partial charge in [-0.3, -0.25) is 9.59 Å². The minimum Gasteiger partial charge on any atom is -0.369 e. The van der Waals surface area contributed by atoms with Gasteiger partial charge in [-0.25, -0.2) is 9.07 Å². The SMILES string of the molecule is C[C@@H]1CN(C(=O)c2cn(-c3ccc(F)cc3)nn2)C[C@H]1C(N)=O. The molecule has 2 N–H and O–H groups in total. The first kappa shape index (κ1) is 15.1. The quantitative estimate of drug-likeness (QED) is 0.897. The highest BCUT2D eigenvalue weighted by molar-refractivity contribution is 5.93. The van der Waals surface area contributed by atoms with Crippen LogP contribution in [0, 0.1) is 17.7 Å². The van der Waals surface area contributed by atoms with E-state index in [9.17, 15) is 14.0 Å². The number of likely N-dealkylation sites (tertiary alicyclic amines) is 1. The summed E-state index contributed by atoms with van der Waals surface area (Å²) in [5.41, 5.74) is 6.11. The zero-order chi connectivity index (χ0) is 16.6. The average molecular weight is 317 g/mol. The standard InChI is InChI=1S/C15H16FN5O2/c1-9-6-20(7-12(9)14(17)22)15(23)13-8-21(19-18-13)11-4-2-10(16)3-5-11/h2-5,8-9,12H,6-7H2,1H3,(H2,17,22)/t9-,12-/m1/s1. The van der Waals surface area contributed by atoms with Gasteiger partial charge in [-0.1, -0.05) is 12.1 Å². The van der Waals surface area contributed by atoms with E-state index in [0.717, 1.165) is 0 Å². The summed E-state index contributed by atoms with van der Waals surface area (Å²) in [4.78, 5) is 25.4. The fraction of sp³-hybridized carbons (Fsp3) is 0.333. The van der Waals surface area contributed by atoms with Crippen LogP contribution in [0.3, 0.4) is 0 Å². The lowest BCUT2D eigenvalue weighted by Gasteiger charge is -2.13. The summed E-state index contributed by atoms with van der Waals surface area (Å²) in [6.07, 6.45) is 1.48. The number of halogens is 1. The number of primary amides is 1. The predicted molar refractivity (Wildman–Crippen MR) is 79.1 cm³/mol. The third-order valence-corrected chi connectivity index (χ3v) is 4.07. The van der Waals surface area contributed by atoms with Crippen molar-refractivity contribution in [2.75, 3.05) is 13.1 Å². The van der Waals surface area contributed by atoms with E-state index in [-0.39, 0.29) is 29.3 Å². The van der Waals surface area contributed by atoms with E-state index in [2.05, 4.69) is 10.3 Å². The molecule has 2 heterocycles. The number of amides is 2. The Kier molecular flexibility index (Phi) is 3.81. The maximum atomic E-state index is 12.9. The highest BCUT2D eigenvalue weighted by Gasteiger charge is 2.36. The topological polar surface area (TPSA) is 94.1 Å².